The lowest BCUT2D eigenvalue weighted by Crippen LogP contribution is -2.26. The molecule has 0 bridgehead atoms. The number of nitrogen functional groups attached to an aromatic ring is 1. The topological polar surface area (TPSA) is 81.4 Å². The molecule has 20 heavy (non-hydrogen) atoms. The van der Waals surface area contributed by atoms with E-state index >= 15 is 0 Å². The fourth-order valence-corrected chi connectivity index (χ4v) is 2.48. The van der Waals surface area contributed by atoms with E-state index in [0.717, 1.165) is 4.90 Å². The van der Waals surface area contributed by atoms with Crippen molar-refractivity contribution in [3.8, 4) is 0 Å². The average molecular weight is 317 g/mol. The van der Waals surface area contributed by atoms with Crippen molar-refractivity contribution in [1.29, 1.82) is 0 Å². The summed E-state index contributed by atoms with van der Waals surface area (Å²) in [6.07, 6.45) is 0.854. The molecule has 5 nitrogen and oxygen atoms in total. The number of nitrogens with one attached hydrogen (secondary N) is 1. The maximum absolute atomic E-state index is 11.6. The minimum atomic E-state index is -0.278. The molecule has 0 saturated carbocycles. The van der Waals surface area contributed by atoms with Crippen LogP contribution in [-0.2, 0) is 14.3 Å². The summed E-state index contributed by atoms with van der Waals surface area (Å²) in [6.45, 7) is 0.444. The number of ether oxygens (including phenoxy) is 1. The van der Waals surface area contributed by atoms with Crippen molar-refractivity contribution < 1.29 is 14.3 Å². The third kappa shape index (κ3) is 6.16. The van der Waals surface area contributed by atoms with Crippen LogP contribution in [-0.4, -0.2) is 31.3 Å². The number of amides is 1. The minimum absolute atomic E-state index is 0.113. The van der Waals surface area contributed by atoms with Crippen LogP contribution in [0, 0.1) is 0 Å². The average Bonchev–Trinajstić information content (AvgIpc) is 2.44. The smallest absolute Gasteiger partial charge is 0.305 e. The number of benzene rings is 1. The van der Waals surface area contributed by atoms with Gasteiger partial charge in [-0.05, 0) is 24.6 Å². The van der Waals surface area contributed by atoms with Crippen LogP contribution >= 0.6 is 23.4 Å². The van der Waals surface area contributed by atoms with Gasteiger partial charge in [0.15, 0.2) is 0 Å². The molecule has 0 aromatic heterocycles. The normalized spacial score (nSPS) is 10.1. The van der Waals surface area contributed by atoms with Gasteiger partial charge >= 0.3 is 5.97 Å². The molecular formula is C13H17ClN2O3S. The van der Waals surface area contributed by atoms with Gasteiger partial charge in [0, 0.05) is 23.5 Å². The lowest BCUT2D eigenvalue weighted by Gasteiger charge is -2.06. The van der Waals surface area contributed by atoms with Crippen molar-refractivity contribution in [3.63, 3.8) is 0 Å². The van der Waals surface area contributed by atoms with E-state index in [9.17, 15) is 9.59 Å². The first-order chi connectivity index (χ1) is 9.52. The summed E-state index contributed by atoms with van der Waals surface area (Å²) < 4.78 is 4.50. The van der Waals surface area contributed by atoms with E-state index in [4.69, 9.17) is 17.3 Å². The molecule has 1 aromatic rings. The van der Waals surface area contributed by atoms with Crippen LogP contribution in [0.5, 0.6) is 0 Å². The maximum Gasteiger partial charge on any atom is 0.305 e. The number of hydrogen-bond acceptors (Lipinski definition) is 5. The molecule has 0 spiro atoms. The van der Waals surface area contributed by atoms with E-state index in [1.165, 1.54) is 18.9 Å². The van der Waals surface area contributed by atoms with Gasteiger partial charge in [-0.1, -0.05) is 11.6 Å². The molecule has 0 radical (unpaired) electrons. The van der Waals surface area contributed by atoms with Crippen LogP contribution in [0.1, 0.15) is 12.8 Å². The number of carbonyl (C=O) groups excluding carboxylic acids is 2. The highest BCUT2D eigenvalue weighted by Gasteiger charge is 2.06. The molecule has 0 saturated heterocycles. The van der Waals surface area contributed by atoms with Gasteiger partial charge in [-0.25, -0.2) is 0 Å². The van der Waals surface area contributed by atoms with E-state index in [0.29, 0.717) is 30.1 Å². The third-order valence-corrected chi connectivity index (χ3v) is 3.92. The molecule has 3 N–H and O–H groups in total. The monoisotopic (exact) mass is 316 g/mol. The number of carbonyl (C=O) groups is 2. The van der Waals surface area contributed by atoms with Crippen molar-refractivity contribution in [3.05, 3.63) is 23.2 Å². The van der Waals surface area contributed by atoms with Crippen molar-refractivity contribution in [2.24, 2.45) is 0 Å². The van der Waals surface area contributed by atoms with Crippen molar-refractivity contribution in [1.82, 2.24) is 5.32 Å². The number of methoxy groups -OCH3 is 1. The second kappa shape index (κ2) is 8.71. The lowest BCUT2D eigenvalue weighted by atomic mass is 10.3. The summed E-state index contributed by atoms with van der Waals surface area (Å²) in [6, 6.07) is 5.14. The van der Waals surface area contributed by atoms with Crippen LogP contribution in [0.25, 0.3) is 0 Å². The Balaban J connectivity index is 2.26. The molecular weight excluding hydrogens is 300 g/mol. The fourth-order valence-electron chi connectivity index (χ4n) is 1.39. The van der Waals surface area contributed by atoms with Crippen LogP contribution in [0.3, 0.4) is 0 Å². The van der Waals surface area contributed by atoms with Gasteiger partial charge in [0.1, 0.15) is 0 Å². The number of esters is 1. The molecule has 0 heterocycles. The Bertz CT molecular complexity index is 483. The minimum Gasteiger partial charge on any atom is -0.469 e. The Hall–Kier alpha value is -1.40. The standard InChI is InChI=1S/C13H17ClN2O3S/c1-19-13(18)3-2-6-16-12(17)8-20-11-7-9(15)4-5-10(11)14/h4-5,7H,2-3,6,8,15H2,1H3,(H,16,17). The van der Waals surface area contributed by atoms with E-state index in [2.05, 4.69) is 10.1 Å². The van der Waals surface area contributed by atoms with Crippen LogP contribution in [0.4, 0.5) is 5.69 Å². The number of rotatable bonds is 7. The molecule has 0 aliphatic rings. The summed E-state index contributed by atoms with van der Waals surface area (Å²) in [4.78, 5) is 23.2. The number of halogens is 1. The Kier molecular flexibility index (Phi) is 7.25. The highest BCUT2D eigenvalue weighted by atomic mass is 35.5. The van der Waals surface area contributed by atoms with Crippen molar-refractivity contribution in [2.75, 3.05) is 25.1 Å². The van der Waals surface area contributed by atoms with Gasteiger partial charge in [-0.3, -0.25) is 9.59 Å². The predicted octanol–water partition coefficient (Wildman–Crippen LogP) is 2.08. The molecule has 0 fully saturated rings. The first kappa shape index (κ1) is 16.7. The molecule has 0 aliphatic carbocycles. The molecule has 0 aliphatic heterocycles. The Morgan fingerprint density at radius 2 is 2.20 bits per heavy atom. The molecule has 1 aromatic carbocycles. The van der Waals surface area contributed by atoms with E-state index < -0.39 is 0 Å². The quantitative estimate of drug-likeness (QED) is 0.348. The summed E-state index contributed by atoms with van der Waals surface area (Å²) in [5.41, 5.74) is 6.26. The number of hydrogen-bond donors (Lipinski definition) is 2. The maximum atomic E-state index is 11.6. The Morgan fingerprint density at radius 3 is 2.90 bits per heavy atom. The highest BCUT2D eigenvalue weighted by Crippen LogP contribution is 2.28. The summed E-state index contributed by atoms with van der Waals surface area (Å²) in [5.74, 6) is -0.139. The summed E-state index contributed by atoms with van der Waals surface area (Å²) in [7, 11) is 1.34. The number of thioether (sulfide) groups is 1. The molecule has 7 heteroatoms. The number of anilines is 1. The van der Waals surface area contributed by atoms with Crippen LogP contribution in [0.15, 0.2) is 23.1 Å². The number of nitrogens with two attached hydrogens (primary N) is 1. The summed E-state index contributed by atoms with van der Waals surface area (Å²) >= 11 is 7.32. The van der Waals surface area contributed by atoms with Gasteiger partial charge < -0.3 is 15.8 Å². The molecule has 1 amide bonds. The van der Waals surface area contributed by atoms with Gasteiger partial charge in [0.2, 0.25) is 5.91 Å². The van der Waals surface area contributed by atoms with Crippen molar-refractivity contribution >= 4 is 40.9 Å². The molecule has 0 unspecified atom stereocenters. The largest absolute Gasteiger partial charge is 0.469 e. The zero-order valence-corrected chi connectivity index (χ0v) is 12.7. The Morgan fingerprint density at radius 1 is 1.45 bits per heavy atom. The summed E-state index contributed by atoms with van der Waals surface area (Å²) in [5, 5.41) is 3.30. The SMILES string of the molecule is COC(=O)CCCNC(=O)CSc1cc(N)ccc1Cl. The Labute approximate surface area is 127 Å². The van der Waals surface area contributed by atoms with E-state index in [-0.39, 0.29) is 17.6 Å². The van der Waals surface area contributed by atoms with Crippen LogP contribution < -0.4 is 11.1 Å². The second-order valence-corrected chi connectivity index (χ2v) is 5.43. The van der Waals surface area contributed by atoms with Gasteiger partial charge in [-0.2, -0.15) is 0 Å². The third-order valence-electron chi connectivity index (χ3n) is 2.42. The highest BCUT2D eigenvalue weighted by molar-refractivity contribution is 8.00. The zero-order valence-electron chi connectivity index (χ0n) is 11.1. The predicted molar refractivity (Wildman–Crippen MR) is 80.8 cm³/mol. The van der Waals surface area contributed by atoms with E-state index in [1.54, 1.807) is 18.2 Å². The first-order valence-electron chi connectivity index (χ1n) is 6.04. The molecule has 1 rings (SSSR count). The van der Waals surface area contributed by atoms with Gasteiger partial charge in [-0.15, -0.1) is 11.8 Å². The van der Waals surface area contributed by atoms with Gasteiger partial charge in [0.05, 0.1) is 17.9 Å². The molecule has 0 atom stereocenters. The van der Waals surface area contributed by atoms with Crippen molar-refractivity contribution in [2.45, 2.75) is 17.7 Å². The lowest BCUT2D eigenvalue weighted by molar-refractivity contribution is -0.140. The van der Waals surface area contributed by atoms with Gasteiger partial charge in [0.25, 0.3) is 0 Å². The fraction of sp³-hybridized carbons (Fsp3) is 0.385. The second-order valence-electron chi connectivity index (χ2n) is 4.01. The van der Waals surface area contributed by atoms with Crippen LogP contribution in [0.2, 0.25) is 5.02 Å². The van der Waals surface area contributed by atoms with E-state index in [1.807, 2.05) is 0 Å². The zero-order chi connectivity index (χ0) is 15.0. The molecule has 110 valence electrons. The first-order valence-corrected chi connectivity index (χ1v) is 7.40.